The van der Waals surface area contributed by atoms with E-state index in [0.717, 1.165) is 5.92 Å². The Labute approximate surface area is 63.0 Å². The van der Waals surface area contributed by atoms with Crippen molar-refractivity contribution in [2.45, 2.75) is 33.1 Å². The zero-order valence-corrected chi connectivity index (χ0v) is 7.22. The smallest absolute Gasteiger partial charge is 0.135 e. The molecule has 1 rings (SSSR count). The van der Waals surface area contributed by atoms with Gasteiger partial charge in [-0.05, 0) is 18.9 Å². The maximum atomic E-state index is 5.38. The van der Waals surface area contributed by atoms with E-state index in [1.165, 1.54) is 0 Å². The van der Waals surface area contributed by atoms with Gasteiger partial charge in [0, 0.05) is 0 Å². The Morgan fingerprint density at radius 3 is 2.20 bits per heavy atom. The topological polar surface area (TPSA) is 24.6 Å². The lowest BCUT2D eigenvalue weighted by molar-refractivity contribution is 0.280. The van der Waals surface area contributed by atoms with E-state index < -0.39 is 0 Å². The van der Waals surface area contributed by atoms with Gasteiger partial charge in [-0.25, -0.2) is 0 Å². The molecule has 1 N–H and O–H groups in total. The summed E-state index contributed by atoms with van der Waals surface area (Å²) in [6.45, 7) is 6.71. The van der Waals surface area contributed by atoms with Crippen LogP contribution in [0.15, 0.2) is 0 Å². The van der Waals surface area contributed by atoms with Gasteiger partial charge < -0.3 is 4.74 Å². The number of hydrogen-bond donors (Lipinski definition) is 1. The van der Waals surface area contributed by atoms with Gasteiger partial charge in [-0.2, -0.15) is 0 Å². The molecule has 1 aliphatic rings. The Kier molecular flexibility index (Phi) is 2.32. The molecule has 0 amide bonds. The van der Waals surface area contributed by atoms with E-state index in [-0.39, 0.29) is 0 Å². The lowest BCUT2D eigenvalue weighted by atomic mass is 9.94. The highest BCUT2D eigenvalue weighted by atomic mass is 16.6. The van der Waals surface area contributed by atoms with Gasteiger partial charge in [-0.15, -0.1) is 0 Å². The molecular formula is C8H17NO. The van der Waals surface area contributed by atoms with Crippen LogP contribution in [0.2, 0.25) is 0 Å². The molecule has 10 heavy (non-hydrogen) atoms. The first-order valence-corrected chi connectivity index (χ1v) is 3.99. The van der Waals surface area contributed by atoms with Crippen molar-refractivity contribution in [3.63, 3.8) is 0 Å². The predicted octanol–water partition coefficient (Wildman–Crippen LogP) is 1.22. The lowest BCUT2D eigenvalue weighted by Crippen LogP contribution is -2.20. The van der Waals surface area contributed by atoms with Crippen LogP contribution >= 0.6 is 0 Å². The van der Waals surface area contributed by atoms with Crippen molar-refractivity contribution in [3.05, 3.63) is 0 Å². The quantitative estimate of drug-likeness (QED) is 0.601. The van der Waals surface area contributed by atoms with Crippen molar-refractivity contribution in [2.24, 2.45) is 11.8 Å². The molecule has 2 heteroatoms. The van der Waals surface area contributed by atoms with Crippen LogP contribution in [-0.4, -0.2) is 19.4 Å². The normalized spacial score (nSPS) is 34.5. The molecule has 0 aliphatic carbocycles. The third-order valence-corrected chi connectivity index (χ3v) is 2.38. The fourth-order valence-corrected chi connectivity index (χ4v) is 1.14. The summed E-state index contributed by atoms with van der Waals surface area (Å²) in [6, 6.07) is 0. The second-order valence-corrected chi connectivity index (χ2v) is 3.41. The van der Waals surface area contributed by atoms with E-state index in [1.54, 1.807) is 0 Å². The van der Waals surface area contributed by atoms with Crippen LogP contribution in [0, 0.1) is 11.8 Å². The Hall–Kier alpha value is -0.0800. The average molecular weight is 143 g/mol. The number of epoxide rings is 1. The molecule has 2 nitrogen and oxygen atoms in total. The number of nitrogens with one attached hydrogen (secondary N) is 1. The Bertz CT molecular complexity index is 114. The zero-order valence-electron chi connectivity index (χ0n) is 7.22. The van der Waals surface area contributed by atoms with Gasteiger partial charge >= 0.3 is 0 Å². The molecule has 0 radical (unpaired) electrons. The number of ether oxygens (including phenoxy) is 1. The van der Waals surface area contributed by atoms with Gasteiger partial charge in [0.05, 0.1) is 0 Å². The zero-order chi connectivity index (χ0) is 7.72. The van der Waals surface area contributed by atoms with E-state index in [1.807, 2.05) is 7.05 Å². The van der Waals surface area contributed by atoms with E-state index in [9.17, 15) is 0 Å². The van der Waals surface area contributed by atoms with Crippen molar-refractivity contribution in [2.75, 3.05) is 7.05 Å². The summed E-state index contributed by atoms with van der Waals surface area (Å²) >= 11 is 0. The molecular weight excluding hydrogens is 126 g/mol. The first-order valence-electron chi connectivity index (χ1n) is 3.99. The number of hydrogen-bond acceptors (Lipinski definition) is 2. The largest absolute Gasteiger partial charge is 0.353 e. The molecule has 3 unspecified atom stereocenters. The van der Waals surface area contributed by atoms with Gasteiger partial charge in [0.25, 0.3) is 0 Å². The summed E-state index contributed by atoms with van der Waals surface area (Å²) in [4.78, 5) is 0. The van der Waals surface area contributed by atoms with Crippen LogP contribution in [0.4, 0.5) is 0 Å². The van der Waals surface area contributed by atoms with Gasteiger partial charge in [-0.1, -0.05) is 20.8 Å². The minimum absolute atomic E-state index is 0.331. The number of rotatable bonds is 3. The molecule has 0 aromatic rings. The van der Waals surface area contributed by atoms with Crippen LogP contribution in [-0.2, 0) is 4.74 Å². The Balaban J connectivity index is 2.25. The summed E-state index contributed by atoms with van der Waals surface area (Å²) in [6.07, 6.45) is 0.794. The van der Waals surface area contributed by atoms with Crippen LogP contribution in [0.1, 0.15) is 20.8 Å². The fraction of sp³-hybridized carbons (Fsp3) is 1.00. The maximum absolute atomic E-state index is 5.38. The maximum Gasteiger partial charge on any atom is 0.135 e. The first-order chi connectivity index (χ1) is 4.66. The van der Waals surface area contributed by atoms with Gasteiger partial charge in [0.1, 0.15) is 12.3 Å². The highest BCUT2D eigenvalue weighted by molar-refractivity contribution is 4.86. The summed E-state index contributed by atoms with van der Waals surface area (Å²) in [5, 5.41) is 3.10. The minimum atomic E-state index is 0.331. The Morgan fingerprint density at radius 1 is 1.30 bits per heavy atom. The van der Waals surface area contributed by atoms with E-state index in [0.29, 0.717) is 18.2 Å². The average Bonchev–Trinajstić information content (AvgIpc) is 2.64. The van der Waals surface area contributed by atoms with Gasteiger partial charge in [0.2, 0.25) is 0 Å². The SMILES string of the molecule is CNC1OC1C(C)C(C)C. The molecule has 1 fully saturated rings. The van der Waals surface area contributed by atoms with Crippen molar-refractivity contribution in [1.29, 1.82) is 0 Å². The van der Waals surface area contributed by atoms with Gasteiger partial charge in [0.15, 0.2) is 0 Å². The molecule has 1 saturated heterocycles. The molecule has 0 bridgehead atoms. The van der Waals surface area contributed by atoms with Crippen LogP contribution in [0.25, 0.3) is 0 Å². The standard InChI is InChI=1S/C8H17NO/c1-5(2)6(3)7-8(9-4)10-7/h5-9H,1-4H3. The summed E-state index contributed by atoms with van der Waals surface area (Å²) < 4.78 is 5.38. The first kappa shape index (κ1) is 8.02. The third kappa shape index (κ3) is 1.50. The molecule has 1 aliphatic heterocycles. The molecule has 0 saturated carbocycles. The van der Waals surface area contributed by atoms with Crippen molar-refractivity contribution in [1.82, 2.24) is 5.32 Å². The second kappa shape index (κ2) is 2.89. The Morgan fingerprint density at radius 2 is 1.90 bits per heavy atom. The molecule has 60 valence electrons. The van der Waals surface area contributed by atoms with Crippen LogP contribution < -0.4 is 5.32 Å². The molecule has 0 spiro atoms. The summed E-state index contributed by atoms with van der Waals surface area (Å²) in [7, 11) is 1.94. The molecule has 1 heterocycles. The number of likely N-dealkylation sites (N-methyl/N-ethyl adjacent to an activating group) is 1. The van der Waals surface area contributed by atoms with Crippen LogP contribution in [0.3, 0.4) is 0 Å². The second-order valence-electron chi connectivity index (χ2n) is 3.41. The van der Waals surface area contributed by atoms with Crippen molar-refractivity contribution in [3.8, 4) is 0 Å². The van der Waals surface area contributed by atoms with Gasteiger partial charge in [-0.3, -0.25) is 5.32 Å². The minimum Gasteiger partial charge on any atom is -0.353 e. The summed E-state index contributed by atoms with van der Waals surface area (Å²) in [5.41, 5.74) is 0. The van der Waals surface area contributed by atoms with Crippen molar-refractivity contribution < 1.29 is 4.74 Å². The highest BCUT2D eigenvalue weighted by Gasteiger charge is 2.42. The lowest BCUT2D eigenvalue weighted by Gasteiger charge is -2.11. The molecule has 0 aromatic heterocycles. The fourth-order valence-electron chi connectivity index (χ4n) is 1.14. The van der Waals surface area contributed by atoms with E-state index in [4.69, 9.17) is 4.74 Å². The molecule has 0 aromatic carbocycles. The molecule has 3 atom stereocenters. The summed E-state index contributed by atoms with van der Waals surface area (Å²) in [5.74, 6) is 1.40. The van der Waals surface area contributed by atoms with Crippen molar-refractivity contribution >= 4 is 0 Å². The van der Waals surface area contributed by atoms with E-state index >= 15 is 0 Å². The monoisotopic (exact) mass is 143 g/mol. The predicted molar refractivity (Wildman–Crippen MR) is 41.7 cm³/mol. The highest BCUT2D eigenvalue weighted by Crippen LogP contribution is 2.31. The van der Waals surface area contributed by atoms with Crippen LogP contribution in [0.5, 0.6) is 0 Å². The third-order valence-electron chi connectivity index (χ3n) is 2.38. The van der Waals surface area contributed by atoms with E-state index in [2.05, 4.69) is 26.1 Å².